The molecule has 0 heterocycles. The minimum Gasteiger partial charge on any atom is -0.496 e. The average Bonchev–Trinajstić information content (AvgIpc) is 2.33. The Kier molecular flexibility index (Phi) is 4.89. The van der Waals surface area contributed by atoms with Crippen molar-refractivity contribution in [2.75, 3.05) is 7.11 Å². The van der Waals surface area contributed by atoms with Gasteiger partial charge in [-0.3, -0.25) is 0 Å². The quantitative estimate of drug-likeness (QED) is 0.757. The first-order valence-corrected chi connectivity index (χ1v) is 5.22. The topological polar surface area (TPSA) is 56.8 Å². The summed E-state index contributed by atoms with van der Waals surface area (Å²) in [6.07, 6.45) is 2.36. The molecule has 1 aromatic rings. The largest absolute Gasteiger partial charge is 0.496 e. The van der Waals surface area contributed by atoms with Crippen LogP contribution >= 0.6 is 0 Å². The summed E-state index contributed by atoms with van der Waals surface area (Å²) in [5.74, 6) is 0.827. The molecule has 0 saturated heterocycles. The lowest BCUT2D eigenvalue weighted by Crippen LogP contribution is -1.97. The Balaban J connectivity index is 2.92. The first-order chi connectivity index (χ1) is 7.83. The molecule has 0 fully saturated rings. The van der Waals surface area contributed by atoms with Crippen LogP contribution in [0, 0.1) is 22.7 Å². The van der Waals surface area contributed by atoms with Gasteiger partial charge in [-0.05, 0) is 24.0 Å². The maximum absolute atomic E-state index is 8.57. The van der Waals surface area contributed by atoms with E-state index < -0.39 is 0 Å². The van der Waals surface area contributed by atoms with E-state index in [4.69, 9.17) is 15.3 Å². The Hall–Kier alpha value is -2.00. The van der Waals surface area contributed by atoms with Gasteiger partial charge < -0.3 is 4.74 Å². The predicted octanol–water partition coefficient (Wildman–Crippen LogP) is 2.61. The van der Waals surface area contributed by atoms with Crippen molar-refractivity contribution in [3.63, 3.8) is 0 Å². The Morgan fingerprint density at radius 3 is 1.94 bits per heavy atom. The van der Waals surface area contributed by atoms with Crippen LogP contribution in [0.3, 0.4) is 0 Å². The molecule has 0 N–H and O–H groups in total. The van der Waals surface area contributed by atoms with Crippen LogP contribution in [-0.4, -0.2) is 7.11 Å². The third-order valence-corrected chi connectivity index (χ3v) is 2.39. The molecule has 1 aromatic carbocycles. The molecule has 0 unspecified atom stereocenters. The second-order valence-corrected chi connectivity index (χ2v) is 3.43. The zero-order chi connectivity index (χ0) is 11.8. The van der Waals surface area contributed by atoms with E-state index in [0.29, 0.717) is 25.7 Å². The van der Waals surface area contributed by atoms with Crippen LogP contribution in [-0.2, 0) is 12.8 Å². The third kappa shape index (κ3) is 3.00. The van der Waals surface area contributed by atoms with Gasteiger partial charge in [0, 0.05) is 12.8 Å². The molecule has 0 amide bonds. The smallest absolute Gasteiger partial charge is 0.125 e. The lowest BCUT2D eigenvalue weighted by atomic mass is 10.0. The van der Waals surface area contributed by atoms with E-state index >= 15 is 0 Å². The number of para-hydroxylation sites is 1. The number of rotatable bonds is 5. The van der Waals surface area contributed by atoms with Crippen molar-refractivity contribution in [1.82, 2.24) is 0 Å². The second-order valence-electron chi connectivity index (χ2n) is 3.43. The summed E-state index contributed by atoms with van der Waals surface area (Å²) in [6.45, 7) is 0. The van der Waals surface area contributed by atoms with E-state index in [0.717, 1.165) is 16.9 Å². The molecule has 3 heteroatoms. The normalized spacial score (nSPS) is 9.19. The van der Waals surface area contributed by atoms with Gasteiger partial charge in [0.1, 0.15) is 5.75 Å². The average molecular weight is 214 g/mol. The van der Waals surface area contributed by atoms with E-state index in [1.807, 2.05) is 18.2 Å². The maximum atomic E-state index is 8.57. The number of hydrogen-bond donors (Lipinski definition) is 0. The highest BCUT2D eigenvalue weighted by molar-refractivity contribution is 5.42. The zero-order valence-corrected chi connectivity index (χ0v) is 9.36. The zero-order valence-electron chi connectivity index (χ0n) is 9.36. The number of nitrogens with zero attached hydrogens (tertiary/aromatic N) is 2. The molecule has 0 atom stereocenters. The third-order valence-electron chi connectivity index (χ3n) is 2.39. The Morgan fingerprint density at radius 2 is 1.56 bits per heavy atom. The minimum absolute atomic E-state index is 0.484. The number of hydrogen-bond acceptors (Lipinski definition) is 3. The molecule has 0 aromatic heterocycles. The maximum Gasteiger partial charge on any atom is 0.125 e. The van der Waals surface area contributed by atoms with Crippen LogP contribution in [0.15, 0.2) is 18.2 Å². The van der Waals surface area contributed by atoms with Crippen LogP contribution < -0.4 is 4.74 Å². The summed E-state index contributed by atoms with van der Waals surface area (Å²) in [5, 5.41) is 17.1. The number of ether oxygens (including phenoxy) is 1. The molecule has 3 nitrogen and oxygen atoms in total. The van der Waals surface area contributed by atoms with Crippen molar-refractivity contribution in [2.45, 2.75) is 25.7 Å². The first kappa shape index (κ1) is 12.1. The SMILES string of the molecule is COc1c(CCC#N)cccc1CCC#N. The fourth-order valence-electron chi connectivity index (χ4n) is 1.68. The van der Waals surface area contributed by atoms with Gasteiger partial charge >= 0.3 is 0 Å². The molecule has 0 aliphatic carbocycles. The van der Waals surface area contributed by atoms with E-state index in [2.05, 4.69) is 12.1 Å². The minimum atomic E-state index is 0.484. The Labute approximate surface area is 95.9 Å². The number of nitriles is 2. The molecule has 0 aliphatic rings. The fourth-order valence-corrected chi connectivity index (χ4v) is 1.68. The fraction of sp³-hybridized carbons (Fsp3) is 0.385. The van der Waals surface area contributed by atoms with Crippen LogP contribution in [0.1, 0.15) is 24.0 Å². The molecule has 16 heavy (non-hydrogen) atoms. The van der Waals surface area contributed by atoms with Crippen molar-refractivity contribution in [1.29, 1.82) is 10.5 Å². The Bertz CT molecular complexity index is 390. The van der Waals surface area contributed by atoms with Crippen LogP contribution in [0.25, 0.3) is 0 Å². The molecular formula is C13H14N2O. The molecule has 0 aliphatic heterocycles. The van der Waals surface area contributed by atoms with Crippen LogP contribution in [0.4, 0.5) is 0 Å². The van der Waals surface area contributed by atoms with Gasteiger partial charge in [0.15, 0.2) is 0 Å². The van der Waals surface area contributed by atoms with Gasteiger partial charge in [-0.15, -0.1) is 0 Å². The highest BCUT2D eigenvalue weighted by Gasteiger charge is 2.08. The van der Waals surface area contributed by atoms with Gasteiger partial charge in [-0.2, -0.15) is 10.5 Å². The summed E-state index contributed by atoms with van der Waals surface area (Å²) < 4.78 is 5.35. The molecule has 0 bridgehead atoms. The van der Waals surface area contributed by atoms with Gasteiger partial charge in [0.25, 0.3) is 0 Å². The summed E-state index contributed by atoms with van der Waals surface area (Å²) in [5.41, 5.74) is 2.08. The Morgan fingerprint density at radius 1 is 1.06 bits per heavy atom. The molecule has 0 radical (unpaired) electrons. The van der Waals surface area contributed by atoms with E-state index in [1.165, 1.54) is 0 Å². The second kappa shape index (κ2) is 6.48. The molecule has 82 valence electrons. The number of benzene rings is 1. The van der Waals surface area contributed by atoms with Gasteiger partial charge in [0.2, 0.25) is 0 Å². The molecular weight excluding hydrogens is 200 g/mol. The summed E-state index contributed by atoms with van der Waals surface area (Å²) in [7, 11) is 1.63. The van der Waals surface area contributed by atoms with E-state index in [9.17, 15) is 0 Å². The predicted molar refractivity (Wildman–Crippen MR) is 60.9 cm³/mol. The van der Waals surface area contributed by atoms with Gasteiger partial charge in [0.05, 0.1) is 19.2 Å². The van der Waals surface area contributed by atoms with Crippen molar-refractivity contribution < 1.29 is 4.74 Å². The van der Waals surface area contributed by atoms with Gasteiger partial charge in [-0.1, -0.05) is 18.2 Å². The van der Waals surface area contributed by atoms with Gasteiger partial charge in [-0.25, -0.2) is 0 Å². The molecule has 0 spiro atoms. The summed E-state index contributed by atoms with van der Waals surface area (Å²) >= 11 is 0. The molecule has 1 rings (SSSR count). The lowest BCUT2D eigenvalue weighted by molar-refractivity contribution is 0.404. The number of methoxy groups -OCH3 is 1. The highest BCUT2D eigenvalue weighted by atomic mass is 16.5. The van der Waals surface area contributed by atoms with Crippen molar-refractivity contribution in [3.8, 4) is 17.9 Å². The standard InChI is InChI=1S/C13H14N2O/c1-16-13-11(7-3-9-14)5-2-6-12(13)8-4-10-15/h2,5-6H,3-4,7-8H2,1H3. The number of aryl methyl sites for hydroxylation is 2. The lowest BCUT2D eigenvalue weighted by Gasteiger charge is -2.11. The molecule has 0 saturated carbocycles. The summed E-state index contributed by atoms with van der Waals surface area (Å²) in [6, 6.07) is 10.1. The van der Waals surface area contributed by atoms with Crippen molar-refractivity contribution in [3.05, 3.63) is 29.3 Å². The highest BCUT2D eigenvalue weighted by Crippen LogP contribution is 2.25. The van der Waals surface area contributed by atoms with Crippen molar-refractivity contribution in [2.24, 2.45) is 0 Å². The van der Waals surface area contributed by atoms with Crippen LogP contribution in [0.2, 0.25) is 0 Å². The first-order valence-electron chi connectivity index (χ1n) is 5.22. The van der Waals surface area contributed by atoms with Crippen LogP contribution in [0.5, 0.6) is 5.75 Å². The monoisotopic (exact) mass is 214 g/mol. The van der Waals surface area contributed by atoms with E-state index in [1.54, 1.807) is 7.11 Å². The van der Waals surface area contributed by atoms with E-state index in [-0.39, 0.29) is 0 Å². The van der Waals surface area contributed by atoms with Crippen molar-refractivity contribution >= 4 is 0 Å². The summed E-state index contributed by atoms with van der Waals surface area (Å²) in [4.78, 5) is 0.